The van der Waals surface area contributed by atoms with Gasteiger partial charge in [-0.25, -0.2) is 4.79 Å². The minimum absolute atomic E-state index is 0.293. The van der Waals surface area contributed by atoms with Crippen LogP contribution in [0, 0.1) is 0 Å². The second-order valence-electron chi connectivity index (χ2n) is 4.87. The summed E-state index contributed by atoms with van der Waals surface area (Å²) in [6.45, 7) is 0.0580. The van der Waals surface area contributed by atoms with Crippen molar-refractivity contribution in [1.82, 2.24) is 9.88 Å². The number of pyridine rings is 1. The number of hydrogen-bond donors (Lipinski definition) is 0. The van der Waals surface area contributed by atoms with E-state index in [1.807, 2.05) is 24.3 Å². The number of ether oxygens (including phenoxy) is 2. The number of esters is 1. The molecule has 0 N–H and O–H groups in total. The van der Waals surface area contributed by atoms with Gasteiger partial charge in [-0.05, 0) is 18.2 Å². The van der Waals surface area contributed by atoms with Crippen LogP contribution in [0.25, 0.3) is 0 Å². The molecule has 1 heterocycles. The minimum Gasteiger partial charge on any atom is -0.496 e. The summed E-state index contributed by atoms with van der Waals surface area (Å²) in [5.41, 5.74) is 1.24. The molecular weight excluding hydrogens is 296 g/mol. The summed E-state index contributed by atoms with van der Waals surface area (Å²) in [5.74, 6) is -0.134. The molecule has 0 saturated heterocycles. The number of likely N-dealkylation sites (N-methyl/N-ethyl adjacent to an activating group) is 1. The van der Waals surface area contributed by atoms with Gasteiger partial charge in [-0.2, -0.15) is 0 Å². The van der Waals surface area contributed by atoms with Crippen molar-refractivity contribution in [3.05, 3.63) is 59.9 Å². The lowest BCUT2D eigenvalue weighted by atomic mass is 10.2. The van der Waals surface area contributed by atoms with Crippen molar-refractivity contribution >= 4 is 11.9 Å². The van der Waals surface area contributed by atoms with E-state index in [1.165, 1.54) is 29.4 Å². The van der Waals surface area contributed by atoms with Crippen LogP contribution < -0.4 is 4.74 Å². The van der Waals surface area contributed by atoms with Gasteiger partial charge in [0.15, 0.2) is 6.61 Å². The number of nitrogens with zero attached hydrogens (tertiary/aromatic N) is 2. The first kappa shape index (κ1) is 16.5. The molecule has 2 aromatic rings. The van der Waals surface area contributed by atoms with E-state index in [0.717, 1.165) is 5.56 Å². The van der Waals surface area contributed by atoms with Crippen LogP contribution in [0.15, 0.2) is 48.8 Å². The molecule has 0 spiro atoms. The Morgan fingerprint density at radius 1 is 1.13 bits per heavy atom. The maximum absolute atomic E-state index is 12.1. The number of carbonyl (C=O) groups excluding carboxylic acids is 2. The highest BCUT2D eigenvalue weighted by molar-refractivity contribution is 5.91. The van der Waals surface area contributed by atoms with Gasteiger partial charge in [0, 0.05) is 31.5 Å². The van der Waals surface area contributed by atoms with E-state index >= 15 is 0 Å². The van der Waals surface area contributed by atoms with Crippen molar-refractivity contribution in [3.63, 3.8) is 0 Å². The molecule has 0 aliphatic heterocycles. The molecule has 120 valence electrons. The molecule has 0 fully saturated rings. The lowest BCUT2D eigenvalue weighted by Gasteiger charge is -2.18. The highest BCUT2D eigenvalue weighted by Gasteiger charge is 2.15. The third kappa shape index (κ3) is 4.54. The molecule has 1 amide bonds. The van der Waals surface area contributed by atoms with E-state index in [-0.39, 0.29) is 12.5 Å². The first-order valence-corrected chi connectivity index (χ1v) is 7.05. The van der Waals surface area contributed by atoms with Gasteiger partial charge in [0.1, 0.15) is 5.75 Å². The maximum Gasteiger partial charge on any atom is 0.338 e. The topological polar surface area (TPSA) is 68.7 Å². The Labute approximate surface area is 134 Å². The number of rotatable bonds is 6. The molecule has 0 aliphatic rings. The molecule has 0 aliphatic carbocycles. The van der Waals surface area contributed by atoms with Crippen LogP contribution in [0.5, 0.6) is 5.75 Å². The summed E-state index contributed by atoms with van der Waals surface area (Å²) in [7, 11) is 3.23. The molecular formula is C17H18N2O4. The van der Waals surface area contributed by atoms with Crippen LogP contribution in [0.4, 0.5) is 0 Å². The molecule has 0 atom stereocenters. The smallest absolute Gasteiger partial charge is 0.338 e. The number of aromatic nitrogens is 1. The van der Waals surface area contributed by atoms with Crippen LogP contribution >= 0.6 is 0 Å². The second-order valence-corrected chi connectivity index (χ2v) is 4.87. The maximum atomic E-state index is 12.1. The van der Waals surface area contributed by atoms with E-state index in [2.05, 4.69) is 4.98 Å². The average Bonchev–Trinajstić information content (AvgIpc) is 2.60. The monoisotopic (exact) mass is 314 g/mol. The largest absolute Gasteiger partial charge is 0.496 e. The van der Waals surface area contributed by atoms with Crippen molar-refractivity contribution in [2.75, 3.05) is 20.8 Å². The van der Waals surface area contributed by atoms with Crippen molar-refractivity contribution in [3.8, 4) is 5.75 Å². The molecule has 0 bridgehead atoms. The number of carbonyl (C=O) groups is 2. The third-order valence-corrected chi connectivity index (χ3v) is 3.27. The Morgan fingerprint density at radius 2 is 1.83 bits per heavy atom. The molecule has 2 rings (SSSR count). The number of methoxy groups -OCH3 is 1. The van der Waals surface area contributed by atoms with E-state index in [0.29, 0.717) is 17.9 Å². The van der Waals surface area contributed by atoms with Gasteiger partial charge in [-0.1, -0.05) is 18.2 Å². The Kier molecular flexibility index (Phi) is 5.68. The number of para-hydroxylation sites is 1. The molecule has 23 heavy (non-hydrogen) atoms. The Hall–Kier alpha value is -2.89. The van der Waals surface area contributed by atoms with Crippen LogP contribution in [-0.2, 0) is 16.1 Å². The van der Waals surface area contributed by atoms with Crippen LogP contribution in [0.2, 0.25) is 0 Å². The summed E-state index contributed by atoms with van der Waals surface area (Å²) in [5, 5.41) is 0. The predicted molar refractivity (Wildman–Crippen MR) is 84.0 cm³/mol. The molecule has 0 saturated carbocycles. The van der Waals surface area contributed by atoms with Crippen LogP contribution in [0.3, 0.4) is 0 Å². The first-order valence-electron chi connectivity index (χ1n) is 7.05. The molecule has 1 aromatic heterocycles. The average molecular weight is 314 g/mol. The zero-order valence-electron chi connectivity index (χ0n) is 13.1. The summed E-state index contributed by atoms with van der Waals surface area (Å²) in [6, 6.07) is 10.5. The fourth-order valence-electron chi connectivity index (χ4n) is 1.99. The standard InChI is InChI=1S/C17H18N2O4/c1-19(11-14-5-3-4-6-15(14)22-2)16(20)12-23-17(21)13-7-9-18-10-8-13/h3-10H,11-12H2,1-2H3. The van der Waals surface area contributed by atoms with Crippen molar-refractivity contribution < 1.29 is 19.1 Å². The second kappa shape index (κ2) is 7.93. The van der Waals surface area contributed by atoms with Gasteiger partial charge in [0.25, 0.3) is 5.91 Å². The molecule has 6 heteroatoms. The lowest BCUT2D eigenvalue weighted by molar-refractivity contribution is -0.133. The molecule has 1 aromatic carbocycles. The van der Waals surface area contributed by atoms with Crippen molar-refractivity contribution in [1.29, 1.82) is 0 Å². The summed E-state index contributed by atoms with van der Waals surface area (Å²) in [6.07, 6.45) is 2.98. The van der Waals surface area contributed by atoms with E-state index < -0.39 is 5.97 Å². The zero-order chi connectivity index (χ0) is 16.7. The Bertz CT molecular complexity index is 673. The molecule has 0 radical (unpaired) electrons. The van der Waals surface area contributed by atoms with E-state index in [1.54, 1.807) is 14.2 Å². The van der Waals surface area contributed by atoms with Crippen LogP contribution in [-0.4, -0.2) is 42.5 Å². The van der Waals surface area contributed by atoms with Crippen molar-refractivity contribution in [2.24, 2.45) is 0 Å². The van der Waals surface area contributed by atoms with E-state index in [9.17, 15) is 9.59 Å². The van der Waals surface area contributed by atoms with Crippen LogP contribution in [0.1, 0.15) is 15.9 Å². The van der Waals surface area contributed by atoms with E-state index in [4.69, 9.17) is 9.47 Å². The quantitative estimate of drug-likeness (QED) is 0.762. The number of amides is 1. The predicted octanol–water partition coefficient (Wildman–Crippen LogP) is 1.91. The highest BCUT2D eigenvalue weighted by atomic mass is 16.5. The highest BCUT2D eigenvalue weighted by Crippen LogP contribution is 2.18. The fraction of sp³-hybridized carbons (Fsp3) is 0.235. The van der Waals surface area contributed by atoms with Crippen molar-refractivity contribution in [2.45, 2.75) is 6.54 Å². The Balaban J connectivity index is 1.89. The normalized spacial score (nSPS) is 10.0. The third-order valence-electron chi connectivity index (χ3n) is 3.27. The van der Waals surface area contributed by atoms with Gasteiger partial charge >= 0.3 is 5.97 Å². The summed E-state index contributed by atoms with van der Waals surface area (Å²) < 4.78 is 10.3. The van der Waals surface area contributed by atoms with Gasteiger partial charge in [0.2, 0.25) is 0 Å². The van der Waals surface area contributed by atoms with Gasteiger partial charge < -0.3 is 14.4 Å². The number of hydrogen-bond acceptors (Lipinski definition) is 5. The summed E-state index contributed by atoms with van der Waals surface area (Å²) >= 11 is 0. The minimum atomic E-state index is -0.550. The van der Waals surface area contributed by atoms with Gasteiger partial charge in [-0.15, -0.1) is 0 Å². The first-order chi connectivity index (χ1) is 11.1. The zero-order valence-corrected chi connectivity index (χ0v) is 13.1. The Morgan fingerprint density at radius 3 is 2.52 bits per heavy atom. The SMILES string of the molecule is COc1ccccc1CN(C)C(=O)COC(=O)c1ccncc1. The number of benzene rings is 1. The van der Waals surface area contributed by atoms with Gasteiger partial charge in [-0.3, -0.25) is 9.78 Å². The summed E-state index contributed by atoms with van der Waals surface area (Å²) in [4.78, 5) is 29.2. The van der Waals surface area contributed by atoms with Gasteiger partial charge in [0.05, 0.1) is 12.7 Å². The molecule has 0 unspecified atom stereocenters. The molecule has 6 nitrogen and oxygen atoms in total. The fourth-order valence-corrected chi connectivity index (χ4v) is 1.99. The lowest BCUT2D eigenvalue weighted by Crippen LogP contribution is -2.31.